The summed E-state index contributed by atoms with van der Waals surface area (Å²) in [6.07, 6.45) is 0. The van der Waals surface area contributed by atoms with Crippen LogP contribution in [0.25, 0.3) is 0 Å². The molecule has 4 nitrogen and oxygen atoms in total. The van der Waals surface area contributed by atoms with E-state index in [4.69, 9.17) is 9.47 Å². The van der Waals surface area contributed by atoms with Gasteiger partial charge in [0.2, 0.25) is 5.91 Å². The van der Waals surface area contributed by atoms with Crippen LogP contribution in [0.15, 0.2) is 0 Å². The van der Waals surface area contributed by atoms with Crippen LogP contribution in [-0.2, 0) is 14.3 Å². The van der Waals surface area contributed by atoms with Crippen molar-refractivity contribution in [3.63, 3.8) is 0 Å². The zero-order valence-electron chi connectivity index (χ0n) is 9.66. The Morgan fingerprint density at radius 2 is 2.00 bits per heavy atom. The number of thiol groups is 1. The van der Waals surface area contributed by atoms with Gasteiger partial charge in [-0.25, -0.2) is 0 Å². The summed E-state index contributed by atoms with van der Waals surface area (Å²) in [5, 5.41) is 2.51. The first-order valence-electron chi connectivity index (χ1n) is 5.12. The van der Waals surface area contributed by atoms with Crippen LogP contribution in [0.3, 0.4) is 0 Å². The number of hydrogen-bond donors (Lipinski definition) is 2. The van der Waals surface area contributed by atoms with E-state index in [2.05, 4.69) is 17.9 Å². The number of ether oxygens (including phenoxy) is 2. The van der Waals surface area contributed by atoms with Gasteiger partial charge < -0.3 is 14.8 Å². The number of carbonyl (C=O) groups is 1. The van der Waals surface area contributed by atoms with Gasteiger partial charge in [-0.1, -0.05) is 13.8 Å². The van der Waals surface area contributed by atoms with Crippen molar-refractivity contribution in [2.45, 2.75) is 19.1 Å². The van der Waals surface area contributed by atoms with E-state index in [-0.39, 0.29) is 17.1 Å². The molecule has 0 aliphatic heterocycles. The van der Waals surface area contributed by atoms with Gasteiger partial charge in [-0.15, -0.1) is 0 Å². The van der Waals surface area contributed by atoms with Gasteiger partial charge in [0.05, 0.1) is 25.1 Å². The minimum atomic E-state index is -0.246. The summed E-state index contributed by atoms with van der Waals surface area (Å²) in [5.41, 5.74) is 0. The fraction of sp³-hybridized carbons (Fsp3) is 0.900. The second kappa shape index (κ2) is 9.00. The lowest BCUT2D eigenvalue weighted by Crippen LogP contribution is -2.36. The van der Waals surface area contributed by atoms with Crippen LogP contribution in [0.4, 0.5) is 0 Å². The maximum atomic E-state index is 11.4. The number of rotatable bonds is 8. The minimum Gasteiger partial charge on any atom is -0.382 e. The molecule has 5 heteroatoms. The molecule has 1 unspecified atom stereocenters. The van der Waals surface area contributed by atoms with Crippen LogP contribution in [-0.4, -0.2) is 44.6 Å². The van der Waals surface area contributed by atoms with Crippen LogP contribution in [0.5, 0.6) is 0 Å². The molecule has 0 aliphatic rings. The van der Waals surface area contributed by atoms with Crippen LogP contribution in [0.1, 0.15) is 13.8 Å². The molecular formula is C10H21NO3S. The van der Waals surface area contributed by atoms with Gasteiger partial charge in [-0.2, -0.15) is 12.6 Å². The molecule has 15 heavy (non-hydrogen) atoms. The van der Waals surface area contributed by atoms with Gasteiger partial charge in [0.1, 0.15) is 0 Å². The molecule has 1 amide bonds. The Kier molecular flexibility index (Phi) is 8.85. The number of amides is 1. The molecule has 90 valence electrons. The van der Waals surface area contributed by atoms with E-state index in [1.54, 1.807) is 7.11 Å². The van der Waals surface area contributed by atoms with Crippen molar-refractivity contribution in [2.24, 2.45) is 5.92 Å². The summed E-state index contributed by atoms with van der Waals surface area (Å²) in [6, 6.07) is 0. The van der Waals surface area contributed by atoms with Crippen LogP contribution >= 0.6 is 12.6 Å². The quantitative estimate of drug-likeness (QED) is 0.481. The molecule has 0 aromatic carbocycles. The van der Waals surface area contributed by atoms with E-state index in [0.29, 0.717) is 26.4 Å². The summed E-state index contributed by atoms with van der Waals surface area (Å²) in [6.45, 7) is 6.09. The molecule has 0 bridgehead atoms. The molecule has 0 fully saturated rings. The summed E-state index contributed by atoms with van der Waals surface area (Å²) in [5.74, 6) is 0.200. The van der Waals surface area contributed by atoms with Gasteiger partial charge in [0, 0.05) is 13.7 Å². The molecule has 1 atom stereocenters. The molecule has 0 heterocycles. The van der Waals surface area contributed by atoms with Crippen LogP contribution in [0, 0.1) is 5.92 Å². The first-order valence-corrected chi connectivity index (χ1v) is 5.63. The summed E-state index contributed by atoms with van der Waals surface area (Å²) in [4.78, 5) is 11.4. The standard InChI is InChI=1S/C10H21NO3S/c1-8(2)9(15)10(12)11-4-5-14-7-6-13-3/h8-9,15H,4-7H2,1-3H3,(H,11,12). The summed E-state index contributed by atoms with van der Waals surface area (Å²) in [7, 11) is 1.62. The average Bonchev–Trinajstić information content (AvgIpc) is 2.21. The second-order valence-electron chi connectivity index (χ2n) is 3.59. The predicted molar refractivity (Wildman–Crippen MR) is 63.3 cm³/mol. The van der Waals surface area contributed by atoms with E-state index in [1.165, 1.54) is 0 Å². The van der Waals surface area contributed by atoms with E-state index < -0.39 is 0 Å². The topological polar surface area (TPSA) is 47.6 Å². The molecule has 0 saturated heterocycles. The highest BCUT2D eigenvalue weighted by molar-refractivity contribution is 7.81. The maximum absolute atomic E-state index is 11.4. The fourth-order valence-electron chi connectivity index (χ4n) is 0.898. The zero-order chi connectivity index (χ0) is 11.7. The van der Waals surface area contributed by atoms with Gasteiger partial charge in [-0.3, -0.25) is 4.79 Å². The number of methoxy groups -OCH3 is 1. The Balaban J connectivity index is 3.39. The normalized spacial score (nSPS) is 12.9. The fourth-order valence-corrected chi connectivity index (χ4v) is 0.989. The maximum Gasteiger partial charge on any atom is 0.233 e. The molecule has 0 saturated carbocycles. The first-order chi connectivity index (χ1) is 7.09. The highest BCUT2D eigenvalue weighted by atomic mass is 32.1. The third-order valence-corrected chi connectivity index (χ3v) is 2.71. The van der Waals surface area contributed by atoms with Crippen molar-refractivity contribution in [1.82, 2.24) is 5.32 Å². The van der Waals surface area contributed by atoms with Crippen LogP contribution < -0.4 is 5.32 Å². The first kappa shape index (κ1) is 14.7. The lowest BCUT2D eigenvalue weighted by Gasteiger charge is -2.14. The Morgan fingerprint density at radius 1 is 1.33 bits per heavy atom. The lowest BCUT2D eigenvalue weighted by atomic mass is 10.1. The molecular weight excluding hydrogens is 214 g/mol. The largest absolute Gasteiger partial charge is 0.382 e. The predicted octanol–water partition coefficient (Wildman–Crippen LogP) is 0.720. The Bertz CT molecular complexity index is 176. The van der Waals surface area contributed by atoms with Gasteiger partial charge >= 0.3 is 0 Å². The second-order valence-corrected chi connectivity index (χ2v) is 4.14. The third-order valence-electron chi connectivity index (χ3n) is 1.88. The molecule has 0 spiro atoms. The van der Waals surface area contributed by atoms with Crippen molar-refractivity contribution in [3.05, 3.63) is 0 Å². The van der Waals surface area contributed by atoms with Crippen molar-refractivity contribution < 1.29 is 14.3 Å². The lowest BCUT2D eigenvalue weighted by molar-refractivity contribution is -0.121. The molecule has 0 rings (SSSR count). The van der Waals surface area contributed by atoms with Crippen LogP contribution in [0.2, 0.25) is 0 Å². The highest BCUT2D eigenvalue weighted by Crippen LogP contribution is 2.07. The monoisotopic (exact) mass is 235 g/mol. The Hall–Kier alpha value is -0.260. The number of nitrogens with one attached hydrogen (secondary N) is 1. The summed E-state index contributed by atoms with van der Waals surface area (Å²) < 4.78 is 10.0. The van der Waals surface area contributed by atoms with Gasteiger partial charge in [0.25, 0.3) is 0 Å². The molecule has 0 aromatic rings. The Morgan fingerprint density at radius 3 is 2.53 bits per heavy atom. The minimum absolute atomic E-state index is 0.0383. The third kappa shape index (κ3) is 7.64. The molecule has 0 radical (unpaired) electrons. The van der Waals surface area contributed by atoms with Gasteiger partial charge in [0.15, 0.2) is 0 Å². The average molecular weight is 235 g/mol. The van der Waals surface area contributed by atoms with Crippen molar-refractivity contribution in [3.8, 4) is 0 Å². The zero-order valence-corrected chi connectivity index (χ0v) is 10.5. The van der Waals surface area contributed by atoms with E-state index in [1.807, 2.05) is 13.8 Å². The van der Waals surface area contributed by atoms with E-state index >= 15 is 0 Å². The number of carbonyl (C=O) groups excluding carboxylic acids is 1. The number of hydrogen-bond acceptors (Lipinski definition) is 4. The smallest absolute Gasteiger partial charge is 0.233 e. The SMILES string of the molecule is COCCOCCNC(=O)C(S)C(C)C. The van der Waals surface area contributed by atoms with Crippen molar-refractivity contribution in [2.75, 3.05) is 33.5 Å². The van der Waals surface area contributed by atoms with Crippen molar-refractivity contribution in [1.29, 1.82) is 0 Å². The van der Waals surface area contributed by atoms with Gasteiger partial charge in [-0.05, 0) is 5.92 Å². The summed E-state index contributed by atoms with van der Waals surface area (Å²) >= 11 is 4.21. The van der Waals surface area contributed by atoms with E-state index in [9.17, 15) is 4.79 Å². The molecule has 0 aliphatic carbocycles. The van der Waals surface area contributed by atoms with Crippen molar-refractivity contribution >= 4 is 18.5 Å². The molecule has 0 aromatic heterocycles. The molecule has 1 N–H and O–H groups in total. The van der Waals surface area contributed by atoms with E-state index in [0.717, 1.165) is 0 Å². The highest BCUT2D eigenvalue weighted by Gasteiger charge is 2.16. The Labute approximate surface area is 97.1 Å².